The number of fused-ring (bicyclic) bond motifs is 1. The van der Waals surface area contributed by atoms with E-state index in [0.717, 1.165) is 35.7 Å². The Morgan fingerprint density at radius 1 is 1.44 bits per heavy atom. The minimum absolute atomic E-state index is 0.748. The van der Waals surface area contributed by atoms with Crippen molar-refractivity contribution in [3.05, 3.63) is 48.2 Å². The van der Waals surface area contributed by atoms with Crippen molar-refractivity contribution >= 4 is 17.2 Å². The molecule has 82 valence electrons. The van der Waals surface area contributed by atoms with Crippen LogP contribution in [0.15, 0.2) is 42.6 Å². The molecule has 1 aromatic heterocycles. The van der Waals surface area contributed by atoms with E-state index in [9.17, 15) is 4.79 Å². The molecule has 0 radical (unpaired) electrons. The number of nitrogens with zero attached hydrogens (tertiary/aromatic N) is 1. The number of allylic oxidation sites excluding steroid dienone is 1. The molecule has 0 N–H and O–H groups in total. The van der Waals surface area contributed by atoms with E-state index in [1.165, 1.54) is 5.57 Å². The van der Waals surface area contributed by atoms with Crippen molar-refractivity contribution in [3.8, 4) is 0 Å². The van der Waals surface area contributed by atoms with Gasteiger partial charge in [0.1, 0.15) is 0 Å². The Morgan fingerprint density at radius 2 is 2.25 bits per heavy atom. The van der Waals surface area contributed by atoms with Crippen molar-refractivity contribution in [2.45, 2.75) is 19.9 Å². The summed E-state index contributed by atoms with van der Waals surface area (Å²) in [5.74, 6) is 0. The maximum atomic E-state index is 10.9. The third-order valence-corrected chi connectivity index (χ3v) is 2.87. The molecule has 1 aromatic carbocycles. The molecule has 16 heavy (non-hydrogen) atoms. The van der Waals surface area contributed by atoms with Gasteiger partial charge in [0.05, 0.1) is 0 Å². The molecule has 0 aliphatic heterocycles. The fourth-order valence-electron chi connectivity index (χ4n) is 1.84. The van der Waals surface area contributed by atoms with Crippen molar-refractivity contribution < 1.29 is 4.79 Å². The second kappa shape index (κ2) is 4.35. The van der Waals surface area contributed by atoms with E-state index in [-0.39, 0.29) is 0 Å². The molecule has 0 aliphatic carbocycles. The molecule has 0 bridgehead atoms. The van der Waals surface area contributed by atoms with E-state index in [0.29, 0.717) is 0 Å². The van der Waals surface area contributed by atoms with Crippen molar-refractivity contribution in [1.82, 2.24) is 4.57 Å². The fraction of sp³-hybridized carbons (Fsp3) is 0.214. The first-order chi connectivity index (χ1) is 7.76. The van der Waals surface area contributed by atoms with Crippen LogP contribution in [-0.2, 0) is 6.54 Å². The molecule has 0 atom stereocenters. The summed E-state index contributed by atoms with van der Waals surface area (Å²) >= 11 is 0. The van der Waals surface area contributed by atoms with E-state index in [2.05, 4.69) is 18.1 Å². The van der Waals surface area contributed by atoms with Crippen LogP contribution in [0, 0.1) is 0 Å². The summed E-state index contributed by atoms with van der Waals surface area (Å²) in [7, 11) is 0. The zero-order valence-electron chi connectivity index (χ0n) is 9.44. The highest BCUT2D eigenvalue weighted by atomic mass is 16.1. The number of carbonyl (C=O) groups is 1. The van der Waals surface area contributed by atoms with Crippen LogP contribution in [0.2, 0.25) is 0 Å². The Balaban J connectivity index is 2.49. The number of carbonyl (C=O) groups excluding carboxylic acids is 1. The van der Waals surface area contributed by atoms with Gasteiger partial charge in [0.25, 0.3) is 0 Å². The van der Waals surface area contributed by atoms with Gasteiger partial charge in [0.2, 0.25) is 0 Å². The minimum Gasteiger partial charge on any atom is -0.343 e. The summed E-state index contributed by atoms with van der Waals surface area (Å²) in [5.41, 5.74) is 3.03. The van der Waals surface area contributed by atoms with Gasteiger partial charge < -0.3 is 4.57 Å². The lowest BCUT2D eigenvalue weighted by Crippen LogP contribution is -1.97. The molecule has 2 aromatic rings. The maximum absolute atomic E-state index is 10.9. The normalized spacial score (nSPS) is 10.6. The second-order valence-corrected chi connectivity index (χ2v) is 3.95. The molecule has 0 amide bonds. The van der Waals surface area contributed by atoms with E-state index in [1.54, 1.807) is 0 Å². The van der Waals surface area contributed by atoms with E-state index in [1.807, 2.05) is 30.5 Å². The van der Waals surface area contributed by atoms with Gasteiger partial charge in [0.15, 0.2) is 6.29 Å². The summed E-state index contributed by atoms with van der Waals surface area (Å²) in [4.78, 5) is 10.9. The molecule has 2 heteroatoms. The molecule has 2 nitrogen and oxygen atoms in total. The molecular weight excluding hydrogens is 198 g/mol. The zero-order valence-corrected chi connectivity index (χ0v) is 9.44. The van der Waals surface area contributed by atoms with Gasteiger partial charge in [-0.25, -0.2) is 0 Å². The van der Waals surface area contributed by atoms with Crippen molar-refractivity contribution in [2.75, 3.05) is 0 Å². The zero-order chi connectivity index (χ0) is 11.5. The smallest absolute Gasteiger partial charge is 0.150 e. The first kappa shape index (κ1) is 10.7. The van der Waals surface area contributed by atoms with Crippen LogP contribution in [0.1, 0.15) is 23.7 Å². The molecule has 2 rings (SSSR count). The highest BCUT2D eigenvalue weighted by Crippen LogP contribution is 2.20. The number of aromatic nitrogens is 1. The molecular formula is C14H15NO. The minimum atomic E-state index is 0.748. The summed E-state index contributed by atoms with van der Waals surface area (Å²) in [6, 6.07) is 7.78. The first-order valence-electron chi connectivity index (χ1n) is 5.46. The summed E-state index contributed by atoms with van der Waals surface area (Å²) in [5, 5.41) is 1.02. The summed E-state index contributed by atoms with van der Waals surface area (Å²) in [6.07, 6.45) is 3.90. The first-order valence-corrected chi connectivity index (χ1v) is 5.46. The number of benzene rings is 1. The summed E-state index contributed by atoms with van der Waals surface area (Å²) < 4.78 is 2.13. The fourth-order valence-corrected chi connectivity index (χ4v) is 1.84. The molecule has 0 saturated carbocycles. The van der Waals surface area contributed by atoms with Crippen LogP contribution in [0.3, 0.4) is 0 Å². The van der Waals surface area contributed by atoms with Crippen LogP contribution in [0.5, 0.6) is 0 Å². The van der Waals surface area contributed by atoms with Gasteiger partial charge in [-0.3, -0.25) is 4.79 Å². The van der Waals surface area contributed by atoms with Crippen molar-refractivity contribution in [1.29, 1.82) is 0 Å². The lowest BCUT2D eigenvalue weighted by Gasteiger charge is -2.06. The molecule has 1 heterocycles. The lowest BCUT2D eigenvalue weighted by atomic mass is 10.1. The molecule has 0 fully saturated rings. The Bertz CT molecular complexity index is 537. The van der Waals surface area contributed by atoms with Crippen molar-refractivity contribution in [3.63, 3.8) is 0 Å². The van der Waals surface area contributed by atoms with E-state index in [4.69, 9.17) is 0 Å². The molecule has 0 spiro atoms. The van der Waals surface area contributed by atoms with Gasteiger partial charge in [0, 0.05) is 29.2 Å². The Morgan fingerprint density at radius 3 is 2.94 bits per heavy atom. The number of aldehydes is 1. The second-order valence-electron chi connectivity index (χ2n) is 3.95. The van der Waals surface area contributed by atoms with E-state index >= 15 is 0 Å². The molecule has 0 saturated heterocycles. The Labute approximate surface area is 95.2 Å². The molecule has 0 unspecified atom stereocenters. The number of hydrogen-bond acceptors (Lipinski definition) is 1. The topological polar surface area (TPSA) is 22.0 Å². The Hall–Kier alpha value is -1.83. The highest BCUT2D eigenvalue weighted by Gasteiger charge is 2.04. The average Bonchev–Trinajstić information content (AvgIpc) is 2.72. The van der Waals surface area contributed by atoms with Gasteiger partial charge in [-0.1, -0.05) is 31.2 Å². The molecule has 0 aliphatic rings. The van der Waals surface area contributed by atoms with Gasteiger partial charge >= 0.3 is 0 Å². The standard InChI is InChI=1S/C14H15NO/c1-3-11(2)9-15-8-7-13-12(10-16)5-4-6-14(13)15/h4-8,10H,2-3,9H2,1H3. The van der Waals surface area contributed by atoms with Crippen LogP contribution in [0.4, 0.5) is 0 Å². The summed E-state index contributed by atoms with van der Waals surface area (Å²) in [6.45, 7) is 6.93. The average molecular weight is 213 g/mol. The number of hydrogen-bond donors (Lipinski definition) is 0. The van der Waals surface area contributed by atoms with Crippen LogP contribution < -0.4 is 0 Å². The SMILES string of the molecule is C=C(CC)Cn1ccc2c(C=O)cccc21. The number of rotatable bonds is 4. The van der Waals surface area contributed by atoms with Crippen LogP contribution >= 0.6 is 0 Å². The van der Waals surface area contributed by atoms with Crippen LogP contribution in [0.25, 0.3) is 10.9 Å². The lowest BCUT2D eigenvalue weighted by molar-refractivity contribution is 0.112. The largest absolute Gasteiger partial charge is 0.343 e. The van der Waals surface area contributed by atoms with Gasteiger partial charge in [-0.2, -0.15) is 0 Å². The quantitative estimate of drug-likeness (QED) is 0.563. The van der Waals surface area contributed by atoms with Gasteiger partial charge in [-0.05, 0) is 18.6 Å². The third-order valence-electron chi connectivity index (χ3n) is 2.87. The van der Waals surface area contributed by atoms with Gasteiger partial charge in [-0.15, -0.1) is 0 Å². The highest BCUT2D eigenvalue weighted by molar-refractivity contribution is 5.97. The predicted octanol–water partition coefficient (Wildman–Crippen LogP) is 3.42. The third kappa shape index (κ3) is 1.78. The van der Waals surface area contributed by atoms with E-state index < -0.39 is 0 Å². The monoisotopic (exact) mass is 213 g/mol. The maximum Gasteiger partial charge on any atom is 0.150 e. The Kier molecular flexibility index (Phi) is 2.91. The van der Waals surface area contributed by atoms with Crippen LogP contribution in [-0.4, -0.2) is 10.9 Å². The predicted molar refractivity (Wildman–Crippen MR) is 66.8 cm³/mol. The van der Waals surface area contributed by atoms with Crippen molar-refractivity contribution in [2.24, 2.45) is 0 Å².